The number of ether oxygens (including phenoxy) is 2. The molecule has 2 heteroatoms. The van der Waals surface area contributed by atoms with Gasteiger partial charge in [-0.3, -0.25) is 0 Å². The van der Waals surface area contributed by atoms with E-state index in [4.69, 9.17) is 9.47 Å². The molecule has 0 amide bonds. The van der Waals surface area contributed by atoms with E-state index in [1.54, 1.807) is 0 Å². The van der Waals surface area contributed by atoms with Crippen LogP contribution in [0.3, 0.4) is 0 Å². The summed E-state index contributed by atoms with van der Waals surface area (Å²) in [5, 5.41) is 0. The van der Waals surface area contributed by atoms with Gasteiger partial charge in [0.25, 0.3) is 0 Å². The van der Waals surface area contributed by atoms with Gasteiger partial charge in [-0.05, 0) is 59.7 Å². The molecule has 3 aromatic rings. The van der Waals surface area contributed by atoms with Crippen molar-refractivity contribution in [1.82, 2.24) is 0 Å². The maximum absolute atomic E-state index is 6.18. The Balaban J connectivity index is 1.42. The van der Waals surface area contributed by atoms with Crippen LogP contribution in [-0.2, 0) is 4.74 Å². The molecule has 0 N–H and O–H groups in total. The Morgan fingerprint density at radius 2 is 1.00 bits per heavy atom. The second-order valence-electron chi connectivity index (χ2n) is 10.9. The molecular weight excluding hydrogens is 476 g/mol. The van der Waals surface area contributed by atoms with Gasteiger partial charge in [0.15, 0.2) is 0 Å². The molecule has 0 saturated heterocycles. The predicted octanol–water partition coefficient (Wildman–Crippen LogP) is 11.6. The Kier molecular flexibility index (Phi) is 14.8. The zero-order chi connectivity index (χ0) is 27.5. The van der Waals surface area contributed by atoms with Gasteiger partial charge in [0.1, 0.15) is 5.75 Å². The zero-order valence-corrected chi connectivity index (χ0v) is 24.9. The summed E-state index contributed by atoms with van der Waals surface area (Å²) >= 11 is 0. The molecule has 0 aliphatic rings. The van der Waals surface area contributed by atoms with E-state index in [0.717, 1.165) is 38.2 Å². The monoisotopic (exact) mass is 528 g/mol. The molecule has 39 heavy (non-hydrogen) atoms. The molecule has 0 spiro atoms. The topological polar surface area (TPSA) is 18.5 Å². The summed E-state index contributed by atoms with van der Waals surface area (Å²) in [4.78, 5) is 0. The number of hydrogen-bond donors (Lipinski definition) is 0. The third-order valence-electron chi connectivity index (χ3n) is 7.67. The van der Waals surface area contributed by atoms with E-state index in [1.165, 1.54) is 92.0 Å². The second-order valence-corrected chi connectivity index (χ2v) is 10.9. The van der Waals surface area contributed by atoms with Crippen LogP contribution >= 0.6 is 0 Å². The van der Waals surface area contributed by atoms with E-state index in [-0.39, 0.29) is 6.10 Å². The van der Waals surface area contributed by atoms with Gasteiger partial charge in [0.2, 0.25) is 0 Å². The van der Waals surface area contributed by atoms with Crippen LogP contribution in [0, 0.1) is 0 Å². The van der Waals surface area contributed by atoms with Crippen molar-refractivity contribution >= 4 is 0 Å². The molecule has 0 saturated carbocycles. The van der Waals surface area contributed by atoms with Crippen LogP contribution in [0.4, 0.5) is 0 Å². The first-order valence-corrected chi connectivity index (χ1v) is 15.8. The van der Waals surface area contributed by atoms with Crippen LogP contribution in [0.5, 0.6) is 5.75 Å². The first-order chi connectivity index (χ1) is 19.2. The highest BCUT2D eigenvalue weighted by Crippen LogP contribution is 2.33. The lowest BCUT2D eigenvalue weighted by Crippen LogP contribution is -2.02. The molecule has 0 aromatic heterocycles. The van der Waals surface area contributed by atoms with Crippen molar-refractivity contribution in [2.24, 2.45) is 0 Å². The van der Waals surface area contributed by atoms with Crippen LogP contribution < -0.4 is 4.74 Å². The minimum absolute atomic E-state index is 0.123. The maximum Gasteiger partial charge on any atom is 0.119 e. The molecule has 1 atom stereocenters. The fourth-order valence-corrected chi connectivity index (χ4v) is 5.11. The summed E-state index contributed by atoms with van der Waals surface area (Å²) < 4.78 is 12.0. The lowest BCUT2D eigenvalue weighted by molar-refractivity contribution is 0.0627. The Bertz CT molecular complexity index is 1020. The lowest BCUT2D eigenvalue weighted by Gasteiger charge is -2.15. The summed E-state index contributed by atoms with van der Waals surface area (Å²) in [7, 11) is 0. The molecular formula is C37H52O2. The fourth-order valence-electron chi connectivity index (χ4n) is 5.11. The van der Waals surface area contributed by atoms with Crippen LogP contribution in [0.25, 0.3) is 22.3 Å². The molecule has 3 rings (SSSR count). The molecule has 0 aliphatic carbocycles. The second kappa shape index (κ2) is 18.7. The Morgan fingerprint density at radius 1 is 0.513 bits per heavy atom. The van der Waals surface area contributed by atoms with Crippen molar-refractivity contribution in [2.75, 3.05) is 13.2 Å². The first kappa shape index (κ1) is 31.0. The van der Waals surface area contributed by atoms with Crippen molar-refractivity contribution < 1.29 is 9.47 Å². The van der Waals surface area contributed by atoms with Gasteiger partial charge in [0.05, 0.1) is 12.7 Å². The Morgan fingerprint density at radius 3 is 1.54 bits per heavy atom. The molecule has 1 unspecified atom stereocenters. The van der Waals surface area contributed by atoms with E-state index in [9.17, 15) is 0 Å². The third-order valence-corrected chi connectivity index (χ3v) is 7.67. The van der Waals surface area contributed by atoms with Gasteiger partial charge in [0, 0.05) is 6.61 Å². The Hall–Kier alpha value is -2.58. The van der Waals surface area contributed by atoms with Gasteiger partial charge < -0.3 is 9.47 Å². The average molecular weight is 529 g/mol. The smallest absolute Gasteiger partial charge is 0.119 e. The van der Waals surface area contributed by atoms with Crippen molar-refractivity contribution in [1.29, 1.82) is 0 Å². The van der Waals surface area contributed by atoms with Gasteiger partial charge in [-0.1, -0.05) is 145 Å². The van der Waals surface area contributed by atoms with E-state index >= 15 is 0 Å². The Labute approximate surface area is 239 Å². The predicted molar refractivity (Wildman–Crippen MR) is 169 cm³/mol. The molecule has 212 valence electrons. The van der Waals surface area contributed by atoms with Gasteiger partial charge in [-0.2, -0.15) is 0 Å². The largest absolute Gasteiger partial charge is 0.494 e. The maximum atomic E-state index is 6.18. The normalized spacial score (nSPS) is 12.0. The molecule has 2 nitrogen and oxygen atoms in total. The number of unbranched alkanes of at least 4 members (excludes halogenated alkanes) is 11. The highest BCUT2D eigenvalue weighted by molar-refractivity contribution is 5.83. The van der Waals surface area contributed by atoms with Crippen LogP contribution in [0.2, 0.25) is 0 Å². The van der Waals surface area contributed by atoms with Gasteiger partial charge >= 0.3 is 0 Å². The molecule has 0 radical (unpaired) electrons. The highest BCUT2D eigenvalue weighted by atomic mass is 16.5. The van der Waals surface area contributed by atoms with Crippen molar-refractivity contribution in [3.05, 3.63) is 78.4 Å². The number of rotatable bonds is 20. The van der Waals surface area contributed by atoms with Crippen molar-refractivity contribution in [3.63, 3.8) is 0 Å². The SMILES string of the molecule is CCCCCCCCCCCCCOC(C)c1ccc(-c2ccccc2-c2ccc(OCCCC)cc2)cc1. The summed E-state index contributed by atoms with van der Waals surface area (Å²) in [6.45, 7) is 8.27. The van der Waals surface area contributed by atoms with Crippen molar-refractivity contribution in [3.8, 4) is 28.0 Å². The van der Waals surface area contributed by atoms with E-state index in [0.29, 0.717) is 0 Å². The van der Waals surface area contributed by atoms with E-state index < -0.39 is 0 Å². The lowest BCUT2D eigenvalue weighted by atomic mass is 9.94. The first-order valence-electron chi connectivity index (χ1n) is 15.8. The number of benzene rings is 3. The van der Waals surface area contributed by atoms with E-state index in [1.807, 2.05) is 0 Å². The molecule has 0 aliphatic heterocycles. The van der Waals surface area contributed by atoms with E-state index in [2.05, 4.69) is 93.6 Å². The van der Waals surface area contributed by atoms with Crippen LogP contribution in [0.1, 0.15) is 116 Å². The number of hydrogen-bond acceptors (Lipinski definition) is 2. The third kappa shape index (κ3) is 11.2. The fraction of sp³-hybridized carbons (Fsp3) is 0.514. The minimum Gasteiger partial charge on any atom is -0.494 e. The van der Waals surface area contributed by atoms with Gasteiger partial charge in [-0.25, -0.2) is 0 Å². The summed E-state index contributed by atoms with van der Waals surface area (Å²) in [5.41, 5.74) is 6.17. The summed E-state index contributed by atoms with van der Waals surface area (Å²) in [5.74, 6) is 0.941. The molecule has 0 fully saturated rings. The summed E-state index contributed by atoms with van der Waals surface area (Å²) in [6, 6.07) is 26.1. The zero-order valence-electron chi connectivity index (χ0n) is 24.9. The quantitative estimate of drug-likeness (QED) is 0.136. The summed E-state index contributed by atoms with van der Waals surface area (Å²) in [6.07, 6.45) is 17.4. The van der Waals surface area contributed by atoms with Crippen LogP contribution in [0.15, 0.2) is 72.8 Å². The molecule has 3 aromatic carbocycles. The highest BCUT2D eigenvalue weighted by Gasteiger charge is 2.10. The van der Waals surface area contributed by atoms with Crippen LogP contribution in [-0.4, -0.2) is 13.2 Å². The van der Waals surface area contributed by atoms with Crippen molar-refractivity contribution in [2.45, 2.75) is 110 Å². The molecule has 0 bridgehead atoms. The average Bonchev–Trinajstić information content (AvgIpc) is 2.98. The van der Waals surface area contributed by atoms with Gasteiger partial charge in [-0.15, -0.1) is 0 Å². The minimum atomic E-state index is 0.123. The standard InChI is InChI=1S/C37H52O2/c1-4-6-8-9-10-11-12-13-14-15-18-30-38-31(3)32-21-23-33(24-22-32)36-19-16-17-20-37(36)34-25-27-35(28-26-34)39-29-7-5-2/h16-17,19-28,31H,4-15,18,29-30H2,1-3H3. The molecule has 0 heterocycles.